The maximum absolute atomic E-state index is 14.9. The average Bonchev–Trinajstić information content (AvgIpc) is 3.54. The predicted octanol–water partition coefficient (Wildman–Crippen LogP) is 2.85. The third-order valence-corrected chi connectivity index (χ3v) is 7.83. The summed E-state index contributed by atoms with van der Waals surface area (Å²) in [7, 11) is 0.159. The highest BCUT2D eigenvalue weighted by Gasteiger charge is 2.60. The lowest BCUT2D eigenvalue weighted by Gasteiger charge is -2.34. The van der Waals surface area contributed by atoms with Crippen molar-refractivity contribution in [2.75, 3.05) is 7.05 Å². The number of hydrogen-bond donors (Lipinski definition) is 1. The van der Waals surface area contributed by atoms with Gasteiger partial charge in [0.15, 0.2) is 18.3 Å². The topological polar surface area (TPSA) is 133 Å². The second-order valence-corrected chi connectivity index (χ2v) is 10.1. The van der Waals surface area contributed by atoms with E-state index in [-0.39, 0.29) is 35.6 Å². The zero-order chi connectivity index (χ0) is 24.7. The van der Waals surface area contributed by atoms with E-state index in [1.165, 1.54) is 41.0 Å². The summed E-state index contributed by atoms with van der Waals surface area (Å²) in [5.74, 6) is -0.210. The first-order valence-electron chi connectivity index (χ1n) is 10.7. The zero-order valence-electron chi connectivity index (χ0n) is 18.8. The third kappa shape index (κ3) is 4.38. The van der Waals surface area contributed by atoms with E-state index in [1.54, 1.807) is 14.0 Å². The van der Waals surface area contributed by atoms with Gasteiger partial charge in [-0.3, -0.25) is 4.31 Å². The molecule has 10 nitrogen and oxygen atoms in total. The van der Waals surface area contributed by atoms with Crippen molar-refractivity contribution in [3.63, 3.8) is 0 Å². The molecule has 5 rings (SSSR count). The molecule has 182 valence electrons. The number of nitrogens with zero attached hydrogens (tertiary/aromatic N) is 6. The molecule has 2 unspecified atom stereocenters. The molecular formula is C22H21F2N7O3S. The summed E-state index contributed by atoms with van der Waals surface area (Å²) in [6, 6.07) is 3.46. The maximum Gasteiger partial charge on any atom is 0.264 e. The predicted molar refractivity (Wildman–Crippen MR) is 123 cm³/mol. The summed E-state index contributed by atoms with van der Waals surface area (Å²) in [5, 5.41) is 3.66. The minimum atomic E-state index is -1.44. The van der Waals surface area contributed by atoms with E-state index in [1.807, 2.05) is 0 Å². The largest absolute Gasteiger partial charge is 0.466 e. The van der Waals surface area contributed by atoms with Crippen LogP contribution in [0.1, 0.15) is 47.4 Å². The molecule has 0 bridgehead atoms. The second-order valence-electron chi connectivity index (χ2n) is 8.24. The first-order chi connectivity index (χ1) is 16.8. The van der Waals surface area contributed by atoms with Gasteiger partial charge in [-0.15, -0.1) is 0 Å². The van der Waals surface area contributed by atoms with E-state index in [2.05, 4.69) is 25.1 Å². The molecule has 2 aliphatic rings. The molecule has 0 amide bonds. The molecule has 0 radical (unpaired) electrons. The SMILES string of the molecule is Cc1noc(COc2cnc(/C(F)=C/c3ccc(F)c(C4N=C(N)N(C)S(=O)C45CC5)c3)cn2)n1. The van der Waals surface area contributed by atoms with Crippen molar-refractivity contribution in [1.29, 1.82) is 0 Å². The number of aryl methyl sites for hydroxylation is 1. The van der Waals surface area contributed by atoms with Crippen molar-refractivity contribution >= 4 is 28.8 Å². The van der Waals surface area contributed by atoms with E-state index >= 15 is 0 Å². The second kappa shape index (κ2) is 8.80. The number of rotatable bonds is 6. The Hall–Kier alpha value is -3.74. The fraction of sp³-hybridized carbons (Fsp3) is 0.318. The number of ether oxygens (including phenoxy) is 1. The van der Waals surface area contributed by atoms with Gasteiger partial charge >= 0.3 is 0 Å². The van der Waals surface area contributed by atoms with Gasteiger partial charge in [-0.1, -0.05) is 11.2 Å². The molecule has 35 heavy (non-hydrogen) atoms. The molecule has 2 atom stereocenters. The molecule has 1 spiro atoms. The Morgan fingerprint density at radius 2 is 2.17 bits per heavy atom. The molecule has 2 aromatic heterocycles. The van der Waals surface area contributed by atoms with Crippen LogP contribution >= 0.6 is 0 Å². The Bertz CT molecular complexity index is 1360. The van der Waals surface area contributed by atoms with Crippen LogP contribution < -0.4 is 10.5 Å². The molecule has 3 heterocycles. The zero-order valence-corrected chi connectivity index (χ0v) is 19.6. The quantitative estimate of drug-likeness (QED) is 0.545. The van der Waals surface area contributed by atoms with Gasteiger partial charge in [0.25, 0.3) is 5.89 Å². The van der Waals surface area contributed by atoms with Crippen molar-refractivity contribution in [3.8, 4) is 5.88 Å². The molecule has 1 saturated carbocycles. The van der Waals surface area contributed by atoms with E-state index < -0.39 is 33.4 Å². The van der Waals surface area contributed by atoms with Crippen LogP contribution in [0.2, 0.25) is 0 Å². The minimum Gasteiger partial charge on any atom is -0.466 e. The van der Waals surface area contributed by atoms with Crippen molar-refractivity contribution in [2.24, 2.45) is 10.7 Å². The summed E-state index contributed by atoms with van der Waals surface area (Å²) in [6.07, 6.45) is 4.97. The van der Waals surface area contributed by atoms with Crippen LogP contribution in [0.25, 0.3) is 11.9 Å². The van der Waals surface area contributed by atoms with E-state index in [0.717, 1.165) is 0 Å². The minimum absolute atomic E-state index is 0.00176. The Labute approximate surface area is 201 Å². The number of aliphatic imine (C=N–C) groups is 1. The van der Waals surface area contributed by atoms with Gasteiger partial charge in [0.05, 0.1) is 17.1 Å². The van der Waals surface area contributed by atoms with Crippen LogP contribution in [0.15, 0.2) is 40.1 Å². The summed E-state index contributed by atoms with van der Waals surface area (Å²) in [4.78, 5) is 16.5. The third-order valence-electron chi connectivity index (χ3n) is 5.82. The molecule has 0 saturated heterocycles. The van der Waals surface area contributed by atoms with Crippen LogP contribution in [-0.2, 0) is 17.6 Å². The van der Waals surface area contributed by atoms with Gasteiger partial charge in [-0.25, -0.2) is 28.0 Å². The van der Waals surface area contributed by atoms with Gasteiger partial charge in [0, 0.05) is 12.6 Å². The fourth-order valence-electron chi connectivity index (χ4n) is 3.84. The highest BCUT2D eigenvalue weighted by molar-refractivity contribution is 7.85. The smallest absolute Gasteiger partial charge is 0.264 e. The first-order valence-corrected chi connectivity index (χ1v) is 11.8. The maximum atomic E-state index is 14.9. The number of halogens is 2. The van der Waals surface area contributed by atoms with Gasteiger partial charge in [0.1, 0.15) is 28.5 Å². The molecule has 2 N–H and O–H groups in total. The lowest BCUT2D eigenvalue weighted by Crippen LogP contribution is -2.47. The Morgan fingerprint density at radius 1 is 1.37 bits per heavy atom. The molecule has 1 aliphatic heterocycles. The average molecular weight is 502 g/mol. The number of aromatic nitrogens is 4. The van der Waals surface area contributed by atoms with Crippen LogP contribution in [0.3, 0.4) is 0 Å². The Balaban J connectivity index is 1.35. The van der Waals surface area contributed by atoms with E-state index in [9.17, 15) is 13.0 Å². The van der Waals surface area contributed by atoms with E-state index in [0.29, 0.717) is 24.2 Å². The van der Waals surface area contributed by atoms with Gasteiger partial charge < -0.3 is 15.0 Å². The summed E-state index contributed by atoms with van der Waals surface area (Å²) in [6.45, 7) is 1.68. The van der Waals surface area contributed by atoms with Crippen LogP contribution in [-0.4, -0.2) is 46.4 Å². The van der Waals surface area contributed by atoms with Crippen LogP contribution in [0.5, 0.6) is 5.88 Å². The van der Waals surface area contributed by atoms with Gasteiger partial charge in [-0.05, 0) is 43.5 Å². The van der Waals surface area contributed by atoms with Crippen molar-refractivity contribution < 1.29 is 22.2 Å². The fourth-order valence-corrected chi connectivity index (χ4v) is 5.42. The number of hydrogen-bond acceptors (Lipinski definition) is 9. The normalized spacial score (nSPS) is 21.2. The lowest BCUT2D eigenvalue weighted by atomic mass is 9.99. The molecule has 1 aliphatic carbocycles. The molecular weight excluding hydrogens is 480 g/mol. The number of guanidine groups is 1. The molecule has 1 aromatic carbocycles. The highest BCUT2D eigenvalue weighted by Crippen LogP contribution is 2.55. The van der Waals surface area contributed by atoms with Gasteiger partial charge in [-0.2, -0.15) is 4.98 Å². The Morgan fingerprint density at radius 3 is 2.83 bits per heavy atom. The molecule has 1 fully saturated rings. The standard InChI is InChI=1S/C22H21F2N7O3S/c1-12-28-19(34-30-12)11-33-18-10-26-17(9-27-18)16(24)8-13-3-4-15(23)14(7-13)20-22(5-6-22)35(32)31(2)21(25)29-20/h3-4,7-10,20H,5-6,11H2,1-2H3,(H2,25,29)/b16-8-. The number of nitrogens with two attached hydrogens (primary N) is 1. The van der Waals surface area contributed by atoms with Crippen LogP contribution in [0.4, 0.5) is 8.78 Å². The Kier molecular flexibility index (Phi) is 5.79. The molecule has 3 aromatic rings. The summed E-state index contributed by atoms with van der Waals surface area (Å²) >= 11 is 0. The van der Waals surface area contributed by atoms with Gasteiger partial charge in [0.2, 0.25) is 11.8 Å². The molecule has 13 heteroatoms. The van der Waals surface area contributed by atoms with Crippen molar-refractivity contribution in [1.82, 2.24) is 24.4 Å². The van der Waals surface area contributed by atoms with Crippen LogP contribution in [0, 0.1) is 12.7 Å². The van der Waals surface area contributed by atoms with Crippen molar-refractivity contribution in [2.45, 2.75) is 37.2 Å². The summed E-state index contributed by atoms with van der Waals surface area (Å²) in [5.41, 5.74) is 6.49. The number of benzene rings is 1. The monoisotopic (exact) mass is 501 g/mol. The summed E-state index contributed by atoms with van der Waals surface area (Å²) < 4.78 is 53.6. The first kappa shape index (κ1) is 23.0. The van der Waals surface area contributed by atoms with E-state index in [4.69, 9.17) is 15.0 Å². The highest BCUT2D eigenvalue weighted by atomic mass is 32.2. The van der Waals surface area contributed by atoms with Crippen molar-refractivity contribution in [3.05, 3.63) is 64.9 Å². The lowest BCUT2D eigenvalue weighted by molar-refractivity contribution is 0.234.